The van der Waals surface area contributed by atoms with Crippen molar-refractivity contribution in [1.29, 1.82) is 0 Å². The van der Waals surface area contributed by atoms with E-state index in [-0.39, 0.29) is 34.6 Å². The molecule has 9 nitrogen and oxygen atoms in total. The number of aromatic nitrogens is 2. The number of Topliss-reactive ketones (excluding diaryl/α,β-unsaturated/α-hetero) is 1. The van der Waals surface area contributed by atoms with Crippen LogP contribution in [0, 0.1) is 11.8 Å². The second-order valence-corrected chi connectivity index (χ2v) is 9.81. The molecule has 0 atom stereocenters. The number of pyridine rings is 2. The molecule has 0 unspecified atom stereocenters. The van der Waals surface area contributed by atoms with Crippen molar-refractivity contribution in [2.75, 3.05) is 24.2 Å². The monoisotopic (exact) mass is 434 g/mol. The Balaban J connectivity index is 1.84. The zero-order valence-corrected chi connectivity index (χ0v) is 18.1. The first kappa shape index (κ1) is 21.9. The van der Waals surface area contributed by atoms with Crippen molar-refractivity contribution in [3.63, 3.8) is 0 Å². The van der Waals surface area contributed by atoms with Gasteiger partial charge in [0, 0.05) is 31.1 Å². The number of rotatable bonds is 6. The van der Waals surface area contributed by atoms with E-state index in [1.165, 1.54) is 13.2 Å². The maximum absolute atomic E-state index is 12.8. The summed E-state index contributed by atoms with van der Waals surface area (Å²) in [5.74, 6) is -0.430. The molecule has 10 heteroatoms. The fraction of sp³-hybridized carbons (Fsp3) is 0.500. The Hall–Kier alpha value is -2.75. The Bertz CT molecular complexity index is 1080. The topological polar surface area (TPSA) is 130 Å². The first-order valence-electron chi connectivity index (χ1n) is 9.79. The number of carbonyl (C=O) groups excluding carboxylic acids is 2. The molecule has 2 aromatic heterocycles. The van der Waals surface area contributed by atoms with Gasteiger partial charge in [-0.3, -0.25) is 18.9 Å². The number of sulfonamides is 1. The van der Waals surface area contributed by atoms with Gasteiger partial charge in [-0.05, 0) is 50.7 Å². The van der Waals surface area contributed by atoms with E-state index in [4.69, 9.17) is 0 Å². The molecule has 0 aliphatic heterocycles. The van der Waals surface area contributed by atoms with E-state index in [2.05, 4.69) is 15.3 Å². The average Bonchev–Trinajstić information content (AvgIpc) is 2.71. The van der Waals surface area contributed by atoms with E-state index >= 15 is 0 Å². The highest BCUT2D eigenvalue weighted by Crippen LogP contribution is 2.33. The SMILES string of the molecule is CC(=O)C1CCC(CNC(=O)c2nc(N(C)S(C)(=O)=O)c3cccnc3c2O)CC1. The Labute approximate surface area is 175 Å². The molecular weight excluding hydrogens is 408 g/mol. The fourth-order valence-electron chi connectivity index (χ4n) is 3.75. The van der Waals surface area contributed by atoms with Crippen molar-refractivity contribution >= 4 is 38.4 Å². The van der Waals surface area contributed by atoms with E-state index in [9.17, 15) is 23.1 Å². The maximum atomic E-state index is 12.8. The summed E-state index contributed by atoms with van der Waals surface area (Å²) in [4.78, 5) is 32.5. The highest BCUT2D eigenvalue weighted by molar-refractivity contribution is 7.92. The third-order valence-electron chi connectivity index (χ3n) is 5.70. The molecule has 1 saturated carbocycles. The van der Waals surface area contributed by atoms with Crippen molar-refractivity contribution in [1.82, 2.24) is 15.3 Å². The van der Waals surface area contributed by atoms with E-state index in [0.717, 1.165) is 36.2 Å². The molecule has 162 valence electrons. The minimum Gasteiger partial charge on any atom is -0.504 e. The summed E-state index contributed by atoms with van der Waals surface area (Å²) < 4.78 is 25.0. The van der Waals surface area contributed by atoms with Crippen molar-refractivity contribution in [2.45, 2.75) is 32.6 Å². The summed E-state index contributed by atoms with van der Waals surface area (Å²) >= 11 is 0. The quantitative estimate of drug-likeness (QED) is 0.710. The molecule has 2 N–H and O–H groups in total. The summed E-state index contributed by atoms with van der Waals surface area (Å²) in [6.45, 7) is 2.00. The number of hydrogen-bond donors (Lipinski definition) is 2. The first-order valence-corrected chi connectivity index (χ1v) is 11.6. The number of aromatic hydroxyl groups is 1. The number of hydrogen-bond acceptors (Lipinski definition) is 7. The highest BCUT2D eigenvalue weighted by atomic mass is 32.2. The molecule has 0 aromatic carbocycles. The Kier molecular flexibility index (Phi) is 6.25. The van der Waals surface area contributed by atoms with Crippen LogP contribution in [0.1, 0.15) is 43.1 Å². The van der Waals surface area contributed by atoms with Crippen LogP contribution >= 0.6 is 0 Å². The van der Waals surface area contributed by atoms with Crippen LogP contribution in [0.2, 0.25) is 0 Å². The number of amides is 1. The highest BCUT2D eigenvalue weighted by Gasteiger charge is 2.27. The van der Waals surface area contributed by atoms with Gasteiger partial charge < -0.3 is 10.4 Å². The second kappa shape index (κ2) is 8.55. The molecule has 0 radical (unpaired) electrons. The first-order chi connectivity index (χ1) is 14.1. The minimum atomic E-state index is -3.64. The number of ketones is 1. The summed E-state index contributed by atoms with van der Waals surface area (Å²) in [5, 5.41) is 13.7. The van der Waals surface area contributed by atoms with Crippen LogP contribution in [-0.2, 0) is 14.8 Å². The molecule has 3 rings (SSSR count). The number of nitrogens with one attached hydrogen (secondary N) is 1. The largest absolute Gasteiger partial charge is 0.504 e. The van der Waals surface area contributed by atoms with Gasteiger partial charge in [0.2, 0.25) is 10.0 Å². The molecular formula is C20H26N4O5S. The molecule has 0 spiro atoms. The van der Waals surface area contributed by atoms with Crippen LogP contribution in [0.3, 0.4) is 0 Å². The lowest BCUT2D eigenvalue weighted by Crippen LogP contribution is -2.33. The molecule has 1 aliphatic rings. The molecule has 1 aliphatic carbocycles. The molecule has 1 fully saturated rings. The second-order valence-electron chi connectivity index (χ2n) is 7.80. The van der Waals surface area contributed by atoms with Gasteiger partial charge in [-0.2, -0.15) is 0 Å². The normalized spacial score (nSPS) is 19.4. The van der Waals surface area contributed by atoms with Crippen LogP contribution < -0.4 is 9.62 Å². The van der Waals surface area contributed by atoms with Crippen LogP contribution in [0.4, 0.5) is 5.82 Å². The van der Waals surface area contributed by atoms with Gasteiger partial charge in [0.05, 0.1) is 6.26 Å². The lowest BCUT2D eigenvalue weighted by molar-refractivity contribution is -0.121. The van der Waals surface area contributed by atoms with Gasteiger partial charge in [-0.1, -0.05) is 0 Å². The van der Waals surface area contributed by atoms with E-state index in [0.29, 0.717) is 11.9 Å². The molecule has 0 bridgehead atoms. The predicted molar refractivity (Wildman–Crippen MR) is 113 cm³/mol. The molecule has 30 heavy (non-hydrogen) atoms. The Morgan fingerprint density at radius 3 is 2.53 bits per heavy atom. The number of fused-ring (bicyclic) bond motifs is 1. The van der Waals surface area contributed by atoms with Crippen molar-refractivity contribution in [3.8, 4) is 5.75 Å². The van der Waals surface area contributed by atoms with Gasteiger partial charge in [-0.25, -0.2) is 13.4 Å². The molecule has 1 amide bonds. The third kappa shape index (κ3) is 4.53. The molecule has 2 heterocycles. The minimum absolute atomic E-state index is 0.0190. The van der Waals surface area contributed by atoms with Crippen LogP contribution in [0.5, 0.6) is 5.75 Å². The summed E-state index contributed by atoms with van der Waals surface area (Å²) in [5.41, 5.74) is -0.172. The average molecular weight is 435 g/mol. The van der Waals surface area contributed by atoms with Gasteiger partial charge in [0.25, 0.3) is 5.91 Å². The van der Waals surface area contributed by atoms with E-state index < -0.39 is 21.7 Å². The van der Waals surface area contributed by atoms with Crippen LogP contribution in [-0.4, -0.2) is 55.0 Å². The van der Waals surface area contributed by atoms with Gasteiger partial charge in [0.1, 0.15) is 11.3 Å². The molecule has 2 aromatic rings. The van der Waals surface area contributed by atoms with Crippen LogP contribution in [0.25, 0.3) is 10.9 Å². The van der Waals surface area contributed by atoms with E-state index in [1.807, 2.05) is 0 Å². The van der Waals surface area contributed by atoms with Crippen molar-refractivity contribution < 1.29 is 23.1 Å². The number of anilines is 1. The number of nitrogens with zero attached hydrogens (tertiary/aromatic N) is 3. The van der Waals surface area contributed by atoms with Gasteiger partial charge in [0.15, 0.2) is 17.3 Å². The Morgan fingerprint density at radius 2 is 1.93 bits per heavy atom. The Morgan fingerprint density at radius 1 is 1.27 bits per heavy atom. The smallest absolute Gasteiger partial charge is 0.273 e. The summed E-state index contributed by atoms with van der Waals surface area (Å²) in [6, 6.07) is 3.18. The zero-order valence-electron chi connectivity index (χ0n) is 17.3. The van der Waals surface area contributed by atoms with Crippen molar-refractivity contribution in [3.05, 3.63) is 24.0 Å². The van der Waals surface area contributed by atoms with Gasteiger partial charge in [-0.15, -0.1) is 0 Å². The summed E-state index contributed by atoms with van der Waals surface area (Å²) in [7, 11) is -2.31. The molecule has 0 saturated heterocycles. The third-order valence-corrected chi connectivity index (χ3v) is 6.87. The maximum Gasteiger partial charge on any atom is 0.273 e. The lowest BCUT2D eigenvalue weighted by Gasteiger charge is -2.27. The fourth-order valence-corrected chi connectivity index (χ4v) is 4.21. The standard InChI is InChI=1S/C20H26N4O5S/c1-12(25)14-8-6-13(7-9-14)11-22-20(27)17-18(26)16-15(5-4-10-21-16)19(23-17)24(2)30(3,28)29/h4-5,10,13-14,26H,6-9,11H2,1-3H3,(H,22,27). The number of carbonyl (C=O) groups is 2. The van der Waals surface area contributed by atoms with Crippen molar-refractivity contribution in [2.24, 2.45) is 11.8 Å². The van der Waals surface area contributed by atoms with E-state index in [1.54, 1.807) is 19.1 Å². The van der Waals surface area contributed by atoms with Gasteiger partial charge >= 0.3 is 0 Å². The predicted octanol–water partition coefficient (Wildman–Crippen LogP) is 1.86. The zero-order chi connectivity index (χ0) is 22.1. The lowest BCUT2D eigenvalue weighted by atomic mass is 9.80. The van der Waals surface area contributed by atoms with Crippen LogP contribution in [0.15, 0.2) is 18.3 Å². The summed E-state index contributed by atoms with van der Waals surface area (Å²) in [6.07, 6.45) is 5.77.